The highest BCUT2D eigenvalue weighted by atomic mass is 15.3. The molecule has 0 unspecified atom stereocenters. The summed E-state index contributed by atoms with van der Waals surface area (Å²) in [5.41, 5.74) is 0. The van der Waals surface area contributed by atoms with E-state index in [-0.39, 0.29) is 0 Å². The van der Waals surface area contributed by atoms with Gasteiger partial charge >= 0.3 is 0 Å². The van der Waals surface area contributed by atoms with E-state index in [2.05, 4.69) is 44.6 Å². The van der Waals surface area contributed by atoms with Gasteiger partial charge in [-0.2, -0.15) is 10.1 Å². The smallest absolute Gasteiger partial charge is 0.244 e. The van der Waals surface area contributed by atoms with Crippen molar-refractivity contribution in [3.05, 3.63) is 6.20 Å². The predicted molar refractivity (Wildman–Crippen MR) is 70.2 cm³/mol. The molecule has 2 N–H and O–H groups in total. The molecule has 0 aliphatic rings. The average Bonchev–Trinajstić information content (AvgIpc) is 2.26. The fourth-order valence-corrected chi connectivity index (χ4v) is 1.16. The standard InChI is InChI=1S/C11H22N6/c1-9(2)7-13-10-8-14-16-11(15-10)12-5-6-17(3)4/h8-9H,5-7H2,1-4H3,(H2,12,13,15,16). The predicted octanol–water partition coefficient (Wildman–Crippen LogP) is 0.913. The van der Waals surface area contributed by atoms with E-state index in [4.69, 9.17) is 0 Å². The van der Waals surface area contributed by atoms with Crippen LogP contribution in [-0.4, -0.2) is 53.8 Å². The molecule has 0 radical (unpaired) electrons. The van der Waals surface area contributed by atoms with Crippen LogP contribution in [0.2, 0.25) is 0 Å². The SMILES string of the molecule is CC(C)CNc1cnnc(NCCN(C)C)n1. The lowest BCUT2D eigenvalue weighted by atomic mass is 10.2. The molecule has 0 spiro atoms. The van der Waals surface area contributed by atoms with Gasteiger partial charge in [-0.25, -0.2) is 0 Å². The van der Waals surface area contributed by atoms with Gasteiger partial charge in [-0.3, -0.25) is 0 Å². The fraction of sp³-hybridized carbons (Fsp3) is 0.727. The van der Waals surface area contributed by atoms with Crippen LogP contribution in [0.25, 0.3) is 0 Å². The number of anilines is 2. The maximum Gasteiger partial charge on any atom is 0.244 e. The summed E-state index contributed by atoms with van der Waals surface area (Å²) >= 11 is 0. The first-order chi connectivity index (χ1) is 8.08. The van der Waals surface area contributed by atoms with Crippen molar-refractivity contribution >= 4 is 11.8 Å². The fourth-order valence-electron chi connectivity index (χ4n) is 1.16. The first-order valence-electron chi connectivity index (χ1n) is 5.90. The van der Waals surface area contributed by atoms with E-state index in [0.29, 0.717) is 11.9 Å². The van der Waals surface area contributed by atoms with Crippen LogP contribution in [0.5, 0.6) is 0 Å². The Bertz CT molecular complexity index is 325. The summed E-state index contributed by atoms with van der Waals surface area (Å²) in [6, 6.07) is 0. The van der Waals surface area contributed by atoms with Gasteiger partial charge in [0, 0.05) is 19.6 Å². The van der Waals surface area contributed by atoms with Gasteiger partial charge in [-0.05, 0) is 20.0 Å². The molecule has 0 fully saturated rings. The number of aromatic nitrogens is 3. The van der Waals surface area contributed by atoms with Gasteiger partial charge in [-0.15, -0.1) is 5.10 Å². The van der Waals surface area contributed by atoms with Gasteiger partial charge in [0.15, 0.2) is 5.82 Å². The molecule has 0 bridgehead atoms. The second kappa shape index (κ2) is 7.01. The van der Waals surface area contributed by atoms with Crippen molar-refractivity contribution in [1.82, 2.24) is 20.1 Å². The lowest BCUT2D eigenvalue weighted by Gasteiger charge is -2.11. The molecule has 0 atom stereocenters. The average molecular weight is 238 g/mol. The van der Waals surface area contributed by atoms with Crippen LogP contribution >= 0.6 is 0 Å². The largest absolute Gasteiger partial charge is 0.368 e. The molecule has 6 nitrogen and oxygen atoms in total. The van der Waals surface area contributed by atoms with Gasteiger partial charge < -0.3 is 15.5 Å². The quantitative estimate of drug-likeness (QED) is 0.736. The lowest BCUT2D eigenvalue weighted by molar-refractivity contribution is 0.425. The van der Waals surface area contributed by atoms with Gasteiger partial charge in [-0.1, -0.05) is 13.8 Å². The molecule has 1 aromatic heterocycles. The molecule has 1 rings (SSSR count). The molecule has 0 saturated heterocycles. The van der Waals surface area contributed by atoms with E-state index >= 15 is 0 Å². The van der Waals surface area contributed by atoms with Crippen LogP contribution in [0.1, 0.15) is 13.8 Å². The maximum absolute atomic E-state index is 4.33. The molecule has 1 heterocycles. The van der Waals surface area contributed by atoms with Crippen LogP contribution < -0.4 is 10.6 Å². The number of likely N-dealkylation sites (N-methyl/N-ethyl adjacent to an activating group) is 1. The maximum atomic E-state index is 4.33. The van der Waals surface area contributed by atoms with Crippen molar-refractivity contribution in [3.63, 3.8) is 0 Å². The van der Waals surface area contributed by atoms with Gasteiger partial charge in [0.1, 0.15) is 0 Å². The summed E-state index contributed by atoms with van der Waals surface area (Å²) in [7, 11) is 4.06. The lowest BCUT2D eigenvalue weighted by Crippen LogP contribution is -2.22. The highest BCUT2D eigenvalue weighted by Gasteiger charge is 2.00. The van der Waals surface area contributed by atoms with E-state index in [1.807, 2.05) is 14.1 Å². The van der Waals surface area contributed by atoms with Crippen molar-refractivity contribution in [2.75, 3.05) is 44.4 Å². The van der Waals surface area contributed by atoms with E-state index in [1.165, 1.54) is 0 Å². The minimum absolute atomic E-state index is 0.570. The third-order valence-corrected chi connectivity index (χ3v) is 2.09. The van der Waals surface area contributed by atoms with E-state index < -0.39 is 0 Å². The first-order valence-corrected chi connectivity index (χ1v) is 5.90. The Kier molecular flexibility index (Phi) is 5.62. The molecular formula is C11H22N6. The van der Waals surface area contributed by atoms with Crippen LogP contribution in [0, 0.1) is 5.92 Å². The molecule has 17 heavy (non-hydrogen) atoms. The van der Waals surface area contributed by atoms with Gasteiger partial charge in [0.25, 0.3) is 0 Å². The van der Waals surface area contributed by atoms with E-state index in [1.54, 1.807) is 6.20 Å². The first kappa shape index (κ1) is 13.6. The van der Waals surface area contributed by atoms with E-state index in [9.17, 15) is 0 Å². The van der Waals surface area contributed by atoms with Gasteiger partial charge in [0.2, 0.25) is 5.95 Å². The number of hydrogen-bond donors (Lipinski definition) is 2. The molecule has 0 aliphatic heterocycles. The minimum Gasteiger partial charge on any atom is -0.368 e. The number of rotatable bonds is 7. The highest BCUT2D eigenvalue weighted by Crippen LogP contribution is 2.04. The Hall–Kier alpha value is -1.43. The molecule has 0 saturated carbocycles. The Morgan fingerprint density at radius 3 is 2.71 bits per heavy atom. The van der Waals surface area contributed by atoms with Crippen molar-refractivity contribution < 1.29 is 0 Å². The van der Waals surface area contributed by atoms with Gasteiger partial charge in [0.05, 0.1) is 6.20 Å². The molecular weight excluding hydrogens is 216 g/mol. The normalized spacial score (nSPS) is 10.9. The summed E-state index contributed by atoms with van der Waals surface area (Å²) in [5.74, 6) is 1.91. The Morgan fingerprint density at radius 1 is 1.29 bits per heavy atom. The Morgan fingerprint density at radius 2 is 2.06 bits per heavy atom. The zero-order chi connectivity index (χ0) is 12.7. The number of nitrogens with one attached hydrogen (secondary N) is 2. The molecule has 1 aromatic rings. The zero-order valence-electron chi connectivity index (χ0n) is 11.1. The van der Waals surface area contributed by atoms with E-state index in [0.717, 1.165) is 25.5 Å². The summed E-state index contributed by atoms with van der Waals surface area (Å²) in [6.07, 6.45) is 1.64. The third-order valence-electron chi connectivity index (χ3n) is 2.09. The zero-order valence-corrected chi connectivity index (χ0v) is 11.1. The van der Waals surface area contributed by atoms with Crippen molar-refractivity contribution in [1.29, 1.82) is 0 Å². The highest BCUT2D eigenvalue weighted by molar-refractivity contribution is 5.36. The molecule has 0 amide bonds. The summed E-state index contributed by atoms with van der Waals surface area (Å²) in [6.45, 7) is 6.93. The minimum atomic E-state index is 0.570. The Labute approximate surface area is 103 Å². The van der Waals surface area contributed by atoms with Crippen LogP contribution in [0.15, 0.2) is 6.20 Å². The second-order valence-corrected chi connectivity index (χ2v) is 4.67. The number of hydrogen-bond acceptors (Lipinski definition) is 6. The van der Waals surface area contributed by atoms with Crippen molar-refractivity contribution in [2.24, 2.45) is 5.92 Å². The summed E-state index contributed by atoms with van der Waals surface area (Å²) < 4.78 is 0. The van der Waals surface area contributed by atoms with Crippen LogP contribution in [0.4, 0.5) is 11.8 Å². The molecule has 96 valence electrons. The third kappa shape index (κ3) is 6.01. The Balaban J connectivity index is 2.42. The molecule has 0 aromatic carbocycles. The number of nitrogens with zero attached hydrogens (tertiary/aromatic N) is 4. The van der Waals surface area contributed by atoms with Crippen molar-refractivity contribution in [2.45, 2.75) is 13.8 Å². The topological polar surface area (TPSA) is 66.0 Å². The van der Waals surface area contributed by atoms with Crippen LogP contribution in [0.3, 0.4) is 0 Å². The summed E-state index contributed by atoms with van der Waals surface area (Å²) in [5, 5.41) is 14.2. The molecule has 0 aliphatic carbocycles. The van der Waals surface area contributed by atoms with Crippen LogP contribution in [-0.2, 0) is 0 Å². The monoisotopic (exact) mass is 238 g/mol. The van der Waals surface area contributed by atoms with Crippen molar-refractivity contribution in [3.8, 4) is 0 Å². The second-order valence-electron chi connectivity index (χ2n) is 4.67. The molecule has 6 heteroatoms. The summed E-state index contributed by atoms with van der Waals surface area (Å²) in [4.78, 5) is 6.43.